The van der Waals surface area contributed by atoms with Gasteiger partial charge >= 0.3 is 0 Å². The van der Waals surface area contributed by atoms with Crippen LogP contribution >= 0.6 is 34.2 Å². The quantitative estimate of drug-likeness (QED) is 0.609. The second-order valence-corrected chi connectivity index (χ2v) is 5.44. The summed E-state index contributed by atoms with van der Waals surface area (Å²) < 4.78 is 1.11. The minimum absolute atomic E-state index is 0.697. The summed E-state index contributed by atoms with van der Waals surface area (Å²) >= 11 is 8.39. The third-order valence-electron chi connectivity index (χ3n) is 2.50. The average Bonchev–Trinajstić information content (AvgIpc) is 2.26. The number of nitrogen functional groups attached to an aromatic ring is 1. The predicted octanol–water partition coefficient (Wildman–Crippen LogP) is 4.58. The van der Waals surface area contributed by atoms with E-state index in [1.165, 1.54) is 0 Å². The van der Waals surface area contributed by atoms with Crippen LogP contribution in [0.15, 0.2) is 36.4 Å². The van der Waals surface area contributed by atoms with Crippen LogP contribution in [0.5, 0.6) is 0 Å². The smallest absolute Gasteiger partial charge is 0.0643 e. The number of nitrogens with one attached hydrogen (secondary N) is 1. The Labute approximate surface area is 119 Å². The highest BCUT2D eigenvalue weighted by atomic mass is 127. The second kappa shape index (κ2) is 5.14. The SMILES string of the molecule is Cc1cccc(Cl)c1Nc1ccc(I)cc1N. The van der Waals surface area contributed by atoms with Gasteiger partial charge in [-0.3, -0.25) is 0 Å². The molecule has 17 heavy (non-hydrogen) atoms. The highest BCUT2D eigenvalue weighted by molar-refractivity contribution is 14.1. The Morgan fingerprint density at radius 1 is 1.24 bits per heavy atom. The van der Waals surface area contributed by atoms with Gasteiger partial charge in [-0.1, -0.05) is 23.7 Å². The lowest BCUT2D eigenvalue weighted by molar-refractivity contribution is 1.43. The molecule has 2 rings (SSSR count). The van der Waals surface area contributed by atoms with Crippen molar-refractivity contribution in [2.45, 2.75) is 6.92 Å². The minimum atomic E-state index is 0.697. The molecule has 0 aliphatic heterocycles. The van der Waals surface area contributed by atoms with Crippen molar-refractivity contribution in [3.63, 3.8) is 0 Å². The molecule has 0 atom stereocenters. The van der Waals surface area contributed by atoms with Crippen molar-refractivity contribution in [2.75, 3.05) is 11.1 Å². The summed E-state index contributed by atoms with van der Waals surface area (Å²) in [5.74, 6) is 0. The van der Waals surface area contributed by atoms with E-state index in [0.29, 0.717) is 5.02 Å². The van der Waals surface area contributed by atoms with E-state index in [4.69, 9.17) is 17.3 Å². The number of benzene rings is 2. The number of nitrogens with two attached hydrogens (primary N) is 1. The lowest BCUT2D eigenvalue weighted by Crippen LogP contribution is -1.98. The van der Waals surface area contributed by atoms with E-state index in [-0.39, 0.29) is 0 Å². The van der Waals surface area contributed by atoms with Crippen LogP contribution < -0.4 is 11.1 Å². The van der Waals surface area contributed by atoms with Crippen molar-refractivity contribution in [1.29, 1.82) is 0 Å². The van der Waals surface area contributed by atoms with Gasteiger partial charge in [-0.15, -0.1) is 0 Å². The third-order valence-corrected chi connectivity index (χ3v) is 3.48. The maximum Gasteiger partial charge on any atom is 0.0643 e. The van der Waals surface area contributed by atoms with Crippen molar-refractivity contribution >= 4 is 51.3 Å². The molecule has 88 valence electrons. The number of halogens is 2. The number of anilines is 3. The monoisotopic (exact) mass is 358 g/mol. The van der Waals surface area contributed by atoms with Crippen LogP contribution in [0.3, 0.4) is 0 Å². The Balaban J connectivity index is 2.38. The van der Waals surface area contributed by atoms with Gasteiger partial charge in [0, 0.05) is 3.57 Å². The molecule has 4 heteroatoms. The van der Waals surface area contributed by atoms with Crippen LogP contribution in [0.1, 0.15) is 5.56 Å². The second-order valence-electron chi connectivity index (χ2n) is 3.79. The van der Waals surface area contributed by atoms with Gasteiger partial charge in [-0.25, -0.2) is 0 Å². The molecule has 2 aromatic rings. The van der Waals surface area contributed by atoms with Crippen molar-refractivity contribution < 1.29 is 0 Å². The van der Waals surface area contributed by atoms with Crippen LogP contribution in [0, 0.1) is 10.5 Å². The molecule has 0 fully saturated rings. The lowest BCUT2D eigenvalue weighted by atomic mass is 10.2. The Morgan fingerprint density at radius 3 is 2.65 bits per heavy atom. The third kappa shape index (κ3) is 2.84. The molecule has 0 radical (unpaired) electrons. The highest BCUT2D eigenvalue weighted by Gasteiger charge is 2.06. The molecule has 0 unspecified atom stereocenters. The van der Waals surface area contributed by atoms with Gasteiger partial charge in [0.2, 0.25) is 0 Å². The number of rotatable bonds is 2. The van der Waals surface area contributed by atoms with Crippen LogP contribution in [0.4, 0.5) is 17.1 Å². The van der Waals surface area contributed by atoms with E-state index >= 15 is 0 Å². The van der Waals surface area contributed by atoms with Crippen molar-refractivity contribution in [2.24, 2.45) is 0 Å². The van der Waals surface area contributed by atoms with Gasteiger partial charge in [0.25, 0.3) is 0 Å². The molecule has 2 aromatic carbocycles. The summed E-state index contributed by atoms with van der Waals surface area (Å²) in [6.07, 6.45) is 0. The van der Waals surface area contributed by atoms with Gasteiger partial charge in [0.1, 0.15) is 0 Å². The molecule has 0 heterocycles. The predicted molar refractivity (Wildman–Crippen MR) is 83.0 cm³/mol. The Morgan fingerprint density at radius 2 is 2.00 bits per heavy atom. The van der Waals surface area contributed by atoms with E-state index < -0.39 is 0 Å². The summed E-state index contributed by atoms with van der Waals surface area (Å²) in [7, 11) is 0. The molecule has 0 bridgehead atoms. The van der Waals surface area contributed by atoms with E-state index in [1.54, 1.807) is 0 Å². The van der Waals surface area contributed by atoms with Crippen molar-refractivity contribution in [3.05, 3.63) is 50.6 Å². The molecule has 0 saturated heterocycles. The van der Waals surface area contributed by atoms with Crippen molar-refractivity contribution in [3.8, 4) is 0 Å². The van der Waals surface area contributed by atoms with Gasteiger partial charge in [-0.05, 0) is 59.3 Å². The first-order valence-corrected chi connectivity index (χ1v) is 6.61. The number of aryl methyl sites for hydroxylation is 1. The number of hydrogen-bond acceptors (Lipinski definition) is 2. The van der Waals surface area contributed by atoms with Crippen LogP contribution in [-0.2, 0) is 0 Å². The maximum atomic E-state index is 6.16. The fourth-order valence-corrected chi connectivity index (χ4v) is 2.36. The topological polar surface area (TPSA) is 38.0 Å². The molecule has 3 N–H and O–H groups in total. The first-order valence-electron chi connectivity index (χ1n) is 5.15. The summed E-state index contributed by atoms with van der Waals surface area (Å²) in [6.45, 7) is 2.01. The largest absolute Gasteiger partial charge is 0.397 e. The molecule has 0 spiro atoms. The van der Waals surface area contributed by atoms with Gasteiger partial charge in [0.15, 0.2) is 0 Å². The van der Waals surface area contributed by atoms with Gasteiger partial charge in [0.05, 0.1) is 22.1 Å². The summed E-state index contributed by atoms with van der Waals surface area (Å²) in [5.41, 5.74) is 9.55. The lowest BCUT2D eigenvalue weighted by Gasteiger charge is -2.13. The summed E-state index contributed by atoms with van der Waals surface area (Å²) in [6, 6.07) is 11.7. The Bertz CT molecular complexity index is 535. The first kappa shape index (κ1) is 12.5. The standard InChI is InChI=1S/C13H12ClIN2/c1-8-3-2-4-10(14)13(8)17-12-6-5-9(15)7-11(12)16/h2-7,17H,16H2,1H3. The molecule has 0 amide bonds. The molecule has 0 aliphatic carbocycles. The van der Waals surface area contributed by atoms with E-state index in [2.05, 4.69) is 27.9 Å². The van der Waals surface area contributed by atoms with Crippen LogP contribution in [-0.4, -0.2) is 0 Å². The van der Waals surface area contributed by atoms with Gasteiger partial charge < -0.3 is 11.1 Å². The molecular formula is C13H12ClIN2. The molecule has 0 saturated carbocycles. The zero-order valence-electron chi connectivity index (χ0n) is 9.30. The zero-order valence-corrected chi connectivity index (χ0v) is 12.2. The minimum Gasteiger partial charge on any atom is -0.397 e. The maximum absolute atomic E-state index is 6.16. The Hall–Kier alpha value is -0.940. The van der Waals surface area contributed by atoms with Crippen molar-refractivity contribution in [1.82, 2.24) is 0 Å². The van der Waals surface area contributed by atoms with E-state index in [1.807, 2.05) is 43.3 Å². The first-order chi connectivity index (χ1) is 8.08. The zero-order chi connectivity index (χ0) is 12.4. The van der Waals surface area contributed by atoms with E-state index in [0.717, 1.165) is 26.2 Å². The summed E-state index contributed by atoms with van der Waals surface area (Å²) in [5, 5.41) is 3.97. The highest BCUT2D eigenvalue weighted by Crippen LogP contribution is 2.31. The fraction of sp³-hybridized carbons (Fsp3) is 0.0769. The molecule has 0 aromatic heterocycles. The molecular weight excluding hydrogens is 347 g/mol. The molecule has 0 aliphatic rings. The Kier molecular flexibility index (Phi) is 3.79. The summed E-state index contributed by atoms with van der Waals surface area (Å²) in [4.78, 5) is 0. The van der Waals surface area contributed by atoms with Crippen LogP contribution in [0.25, 0.3) is 0 Å². The fourth-order valence-electron chi connectivity index (χ4n) is 1.57. The normalized spacial score (nSPS) is 10.3. The molecule has 2 nitrogen and oxygen atoms in total. The van der Waals surface area contributed by atoms with Crippen LogP contribution in [0.2, 0.25) is 5.02 Å². The number of para-hydroxylation sites is 1. The average molecular weight is 359 g/mol. The number of hydrogen-bond donors (Lipinski definition) is 2. The van der Waals surface area contributed by atoms with E-state index in [9.17, 15) is 0 Å². The van der Waals surface area contributed by atoms with Gasteiger partial charge in [-0.2, -0.15) is 0 Å².